The molecule has 0 aromatic heterocycles. The zero-order chi connectivity index (χ0) is 23.0. The average Bonchev–Trinajstić information content (AvgIpc) is 2.78. The zero-order valence-corrected chi connectivity index (χ0v) is 18.6. The number of carbonyl (C=O) groups excluding carboxylic acids is 2. The largest absolute Gasteiger partial charge is 0.486 e. The Morgan fingerprint density at radius 3 is 2.47 bits per heavy atom. The minimum Gasteiger partial charge on any atom is -0.486 e. The SMILES string of the molecule is Cc1ccc(S(=O)(=O)NCCC(=O)OCC(=O)NCCc2ccc3c(c2)OCCO3)cc1. The Bertz CT molecular complexity index is 1050. The lowest BCUT2D eigenvalue weighted by atomic mass is 10.1. The summed E-state index contributed by atoms with van der Waals surface area (Å²) in [7, 11) is -3.70. The number of nitrogens with one attached hydrogen (secondary N) is 2. The van der Waals surface area contributed by atoms with Gasteiger partial charge in [-0.25, -0.2) is 13.1 Å². The summed E-state index contributed by atoms with van der Waals surface area (Å²) in [6.45, 7) is 2.71. The third-order valence-corrected chi connectivity index (χ3v) is 6.14. The molecule has 0 radical (unpaired) electrons. The number of amides is 1. The van der Waals surface area contributed by atoms with Gasteiger partial charge < -0.3 is 19.5 Å². The molecule has 0 fully saturated rings. The van der Waals surface area contributed by atoms with Crippen molar-refractivity contribution in [2.45, 2.75) is 24.7 Å². The van der Waals surface area contributed by atoms with Gasteiger partial charge in [-0.1, -0.05) is 23.8 Å². The van der Waals surface area contributed by atoms with E-state index in [1.54, 1.807) is 12.1 Å². The topological polar surface area (TPSA) is 120 Å². The molecule has 2 N–H and O–H groups in total. The minimum atomic E-state index is -3.70. The Labute approximate surface area is 187 Å². The smallest absolute Gasteiger partial charge is 0.307 e. The van der Waals surface area contributed by atoms with Gasteiger partial charge in [-0.2, -0.15) is 0 Å². The Kier molecular flexibility index (Phi) is 8.07. The van der Waals surface area contributed by atoms with Crippen LogP contribution in [0.4, 0.5) is 0 Å². The summed E-state index contributed by atoms with van der Waals surface area (Å²) in [4.78, 5) is 23.8. The van der Waals surface area contributed by atoms with Crippen molar-refractivity contribution in [1.29, 1.82) is 0 Å². The monoisotopic (exact) mass is 462 g/mol. The van der Waals surface area contributed by atoms with Gasteiger partial charge in [0.1, 0.15) is 13.2 Å². The summed E-state index contributed by atoms with van der Waals surface area (Å²) in [6, 6.07) is 12.0. The minimum absolute atomic E-state index is 0.119. The molecule has 32 heavy (non-hydrogen) atoms. The molecule has 0 aliphatic carbocycles. The fourth-order valence-electron chi connectivity index (χ4n) is 2.95. The molecule has 1 heterocycles. The average molecular weight is 463 g/mol. The summed E-state index contributed by atoms with van der Waals surface area (Å²) in [5, 5.41) is 2.67. The van der Waals surface area contributed by atoms with Gasteiger partial charge >= 0.3 is 5.97 Å². The van der Waals surface area contributed by atoms with E-state index in [1.165, 1.54) is 12.1 Å². The van der Waals surface area contributed by atoms with Crippen LogP contribution < -0.4 is 19.5 Å². The number of sulfonamides is 1. The molecule has 0 spiro atoms. The number of benzene rings is 2. The van der Waals surface area contributed by atoms with E-state index >= 15 is 0 Å². The van der Waals surface area contributed by atoms with Crippen LogP contribution in [0.2, 0.25) is 0 Å². The van der Waals surface area contributed by atoms with E-state index in [0.29, 0.717) is 37.7 Å². The number of esters is 1. The summed E-state index contributed by atoms with van der Waals surface area (Å²) < 4.78 is 42.6. The highest BCUT2D eigenvalue weighted by Gasteiger charge is 2.15. The van der Waals surface area contributed by atoms with Gasteiger partial charge in [0.05, 0.1) is 11.3 Å². The Morgan fingerprint density at radius 2 is 1.72 bits per heavy atom. The van der Waals surface area contributed by atoms with Crippen molar-refractivity contribution in [3.63, 3.8) is 0 Å². The second kappa shape index (κ2) is 11.0. The molecule has 1 amide bonds. The first kappa shape index (κ1) is 23.6. The van der Waals surface area contributed by atoms with Gasteiger partial charge in [0.15, 0.2) is 18.1 Å². The highest BCUT2D eigenvalue weighted by atomic mass is 32.2. The number of fused-ring (bicyclic) bond motifs is 1. The van der Waals surface area contributed by atoms with Gasteiger partial charge in [-0.05, 0) is 43.2 Å². The van der Waals surface area contributed by atoms with E-state index in [0.717, 1.165) is 11.1 Å². The van der Waals surface area contributed by atoms with Crippen molar-refractivity contribution in [3.05, 3.63) is 53.6 Å². The second-order valence-electron chi connectivity index (χ2n) is 7.20. The lowest BCUT2D eigenvalue weighted by molar-refractivity contribution is -0.148. The molecule has 3 rings (SSSR count). The molecule has 9 nitrogen and oxygen atoms in total. The maximum Gasteiger partial charge on any atom is 0.307 e. The fraction of sp³-hybridized carbons (Fsp3) is 0.364. The van der Waals surface area contributed by atoms with Crippen molar-refractivity contribution >= 4 is 21.9 Å². The predicted octanol–water partition coefficient (Wildman–Crippen LogP) is 1.34. The standard InChI is InChI=1S/C22H26N2O7S/c1-16-2-5-18(6-3-16)32(27,28)24-11-9-22(26)31-15-21(25)23-10-8-17-4-7-19-20(14-17)30-13-12-29-19/h2-7,14,24H,8-13,15H2,1H3,(H,23,25). The fourth-order valence-corrected chi connectivity index (χ4v) is 3.98. The number of carbonyl (C=O) groups is 2. The van der Waals surface area contributed by atoms with Crippen LogP contribution in [-0.4, -0.2) is 53.2 Å². The van der Waals surface area contributed by atoms with Crippen LogP contribution >= 0.6 is 0 Å². The maximum atomic E-state index is 12.2. The first-order valence-electron chi connectivity index (χ1n) is 10.2. The molecule has 2 aromatic carbocycles. The number of hydrogen-bond acceptors (Lipinski definition) is 7. The van der Waals surface area contributed by atoms with E-state index in [4.69, 9.17) is 14.2 Å². The summed E-state index contributed by atoms with van der Waals surface area (Å²) >= 11 is 0. The molecule has 2 aromatic rings. The number of aryl methyl sites for hydroxylation is 1. The molecule has 0 saturated carbocycles. The molecule has 0 unspecified atom stereocenters. The van der Waals surface area contributed by atoms with Crippen LogP contribution in [-0.2, 0) is 30.8 Å². The highest BCUT2D eigenvalue weighted by molar-refractivity contribution is 7.89. The Hall–Kier alpha value is -3.11. The molecule has 0 atom stereocenters. The van der Waals surface area contributed by atoms with Crippen LogP contribution in [0.1, 0.15) is 17.5 Å². The third-order valence-electron chi connectivity index (χ3n) is 4.66. The van der Waals surface area contributed by atoms with Crippen molar-refractivity contribution in [2.24, 2.45) is 0 Å². The van der Waals surface area contributed by atoms with Gasteiger partial charge in [0, 0.05) is 13.1 Å². The van der Waals surface area contributed by atoms with E-state index in [1.807, 2.05) is 25.1 Å². The second-order valence-corrected chi connectivity index (χ2v) is 8.97. The van der Waals surface area contributed by atoms with Gasteiger partial charge in [-0.15, -0.1) is 0 Å². The molecule has 0 bridgehead atoms. The molecule has 1 aliphatic heterocycles. The Morgan fingerprint density at radius 1 is 1.00 bits per heavy atom. The highest BCUT2D eigenvalue weighted by Crippen LogP contribution is 2.30. The van der Waals surface area contributed by atoms with Crippen molar-refractivity contribution in [1.82, 2.24) is 10.0 Å². The van der Waals surface area contributed by atoms with Crippen molar-refractivity contribution in [2.75, 3.05) is 32.9 Å². The molecular weight excluding hydrogens is 436 g/mol. The summed E-state index contributed by atoms with van der Waals surface area (Å²) in [5.74, 6) is 0.291. The molecule has 10 heteroatoms. The molecule has 1 aliphatic rings. The van der Waals surface area contributed by atoms with Crippen LogP contribution in [0.3, 0.4) is 0 Å². The van der Waals surface area contributed by atoms with Crippen LogP contribution in [0.25, 0.3) is 0 Å². The van der Waals surface area contributed by atoms with Crippen molar-refractivity contribution < 1.29 is 32.2 Å². The van der Waals surface area contributed by atoms with Crippen LogP contribution in [0.15, 0.2) is 47.4 Å². The first-order chi connectivity index (χ1) is 15.3. The molecule has 172 valence electrons. The lowest BCUT2D eigenvalue weighted by Gasteiger charge is -2.18. The molecular formula is C22H26N2O7S. The number of hydrogen-bond donors (Lipinski definition) is 2. The van der Waals surface area contributed by atoms with Gasteiger partial charge in [0.2, 0.25) is 10.0 Å². The summed E-state index contributed by atoms with van der Waals surface area (Å²) in [6.07, 6.45) is 0.396. The van der Waals surface area contributed by atoms with Gasteiger partial charge in [-0.3, -0.25) is 9.59 Å². The van der Waals surface area contributed by atoms with Crippen LogP contribution in [0, 0.1) is 6.92 Å². The van der Waals surface area contributed by atoms with E-state index in [9.17, 15) is 18.0 Å². The van der Waals surface area contributed by atoms with E-state index in [-0.39, 0.29) is 17.9 Å². The van der Waals surface area contributed by atoms with Crippen molar-refractivity contribution in [3.8, 4) is 11.5 Å². The maximum absolute atomic E-state index is 12.2. The third kappa shape index (κ3) is 6.96. The quantitative estimate of drug-likeness (QED) is 0.511. The van der Waals surface area contributed by atoms with E-state index in [2.05, 4.69) is 10.0 Å². The first-order valence-corrected chi connectivity index (χ1v) is 11.7. The molecule has 0 saturated heterocycles. The predicted molar refractivity (Wildman–Crippen MR) is 116 cm³/mol. The van der Waals surface area contributed by atoms with E-state index < -0.39 is 28.5 Å². The lowest BCUT2D eigenvalue weighted by Crippen LogP contribution is -2.31. The van der Waals surface area contributed by atoms with Crippen LogP contribution in [0.5, 0.6) is 11.5 Å². The number of ether oxygens (including phenoxy) is 3. The zero-order valence-electron chi connectivity index (χ0n) is 17.8. The summed E-state index contributed by atoms with van der Waals surface area (Å²) in [5.41, 5.74) is 1.92. The number of rotatable bonds is 10. The Balaban J connectivity index is 1.31. The normalized spacial score (nSPS) is 12.8. The van der Waals surface area contributed by atoms with Gasteiger partial charge in [0.25, 0.3) is 5.91 Å².